The Hall–Kier alpha value is -3.32. The van der Waals surface area contributed by atoms with Crippen molar-refractivity contribution in [3.05, 3.63) is 93.7 Å². The average molecular weight is 438 g/mol. The molecule has 7 heteroatoms. The SMILES string of the molecule is Cc1ccc(C(=O)NN=Cc2cccc(OC(=O)c3cccc(Br)c3)c2)cn1. The molecule has 28 heavy (non-hydrogen) atoms. The smallest absolute Gasteiger partial charge is 0.343 e. The molecule has 0 bridgehead atoms. The van der Waals surface area contributed by atoms with Crippen molar-refractivity contribution in [3.63, 3.8) is 0 Å². The molecule has 6 nitrogen and oxygen atoms in total. The number of esters is 1. The summed E-state index contributed by atoms with van der Waals surface area (Å²) in [5.74, 6) is -0.445. The molecule has 1 amide bonds. The number of carbonyl (C=O) groups excluding carboxylic acids is 2. The zero-order valence-corrected chi connectivity index (χ0v) is 16.5. The Bertz CT molecular complexity index is 1030. The molecule has 0 aliphatic carbocycles. The number of carbonyl (C=O) groups is 2. The van der Waals surface area contributed by atoms with Crippen molar-refractivity contribution in [2.24, 2.45) is 5.10 Å². The Morgan fingerprint density at radius 2 is 1.89 bits per heavy atom. The Morgan fingerprint density at radius 3 is 2.64 bits per heavy atom. The maximum Gasteiger partial charge on any atom is 0.343 e. The third-order valence-corrected chi connectivity index (χ3v) is 4.18. The number of hydrazone groups is 1. The highest BCUT2D eigenvalue weighted by molar-refractivity contribution is 9.10. The lowest BCUT2D eigenvalue weighted by atomic mass is 10.2. The second-order valence-electron chi connectivity index (χ2n) is 5.86. The largest absolute Gasteiger partial charge is 0.423 e. The van der Waals surface area contributed by atoms with Crippen LogP contribution in [0.25, 0.3) is 0 Å². The quantitative estimate of drug-likeness (QED) is 0.281. The predicted octanol–water partition coefficient (Wildman–Crippen LogP) is 4.14. The Labute approximate surface area is 170 Å². The third-order valence-electron chi connectivity index (χ3n) is 3.68. The van der Waals surface area contributed by atoms with Gasteiger partial charge in [-0.05, 0) is 55.0 Å². The summed E-state index contributed by atoms with van der Waals surface area (Å²) in [5.41, 5.74) is 4.79. The molecule has 0 aliphatic heterocycles. The van der Waals surface area contributed by atoms with Crippen LogP contribution in [0.2, 0.25) is 0 Å². The van der Waals surface area contributed by atoms with Crippen LogP contribution in [-0.4, -0.2) is 23.1 Å². The first-order valence-corrected chi connectivity index (χ1v) is 9.14. The molecule has 0 aliphatic rings. The van der Waals surface area contributed by atoms with Gasteiger partial charge in [0.05, 0.1) is 17.3 Å². The van der Waals surface area contributed by atoms with Crippen LogP contribution in [0.5, 0.6) is 5.75 Å². The minimum atomic E-state index is -0.462. The van der Waals surface area contributed by atoms with Crippen LogP contribution in [0.3, 0.4) is 0 Å². The zero-order chi connectivity index (χ0) is 19.9. The van der Waals surface area contributed by atoms with E-state index in [0.717, 1.165) is 10.2 Å². The fourth-order valence-electron chi connectivity index (χ4n) is 2.27. The molecular weight excluding hydrogens is 422 g/mol. The Kier molecular flexibility index (Phi) is 6.29. The molecule has 140 valence electrons. The van der Waals surface area contributed by atoms with E-state index in [0.29, 0.717) is 22.4 Å². The summed E-state index contributed by atoms with van der Waals surface area (Å²) in [6.45, 7) is 1.84. The number of aromatic nitrogens is 1. The lowest BCUT2D eigenvalue weighted by molar-refractivity contribution is 0.0734. The second kappa shape index (κ2) is 9.05. The van der Waals surface area contributed by atoms with Gasteiger partial charge in [0.1, 0.15) is 5.75 Å². The summed E-state index contributed by atoms with van der Waals surface area (Å²) >= 11 is 3.32. The van der Waals surface area contributed by atoms with E-state index in [1.165, 1.54) is 12.4 Å². The maximum absolute atomic E-state index is 12.2. The lowest BCUT2D eigenvalue weighted by Gasteiger charge is -2.05. The van der Waals surface area contributed by atoms with E-state index in [2.05, 4.69) is 31.4 Å². The zero-order valence-electron chi connectivity index (χ0n) is 14.9. The number of amides is 1. The molecule has 0 fully saturated rings. The fraction of sp³-hybridized carbons (Fsp3) is 0.0476. The van der Waals surface area contributed by atoms with Gasteiger partial charge >= 0.3 is 5.97 Å². The van der Waals surface area contributed by atoms with Crippen molar-refractivity contribution in [1.82, 2.24) is 10.4 Å². The highest BCUT2D eigenvalue weighted by Crippen LogP contribution is 2.17. The molecule has 1 aromatic heterocycles. The molecule has 1 N–H and O–H groups in total. The summed E-state index contributed by atoms with van der Waals surface area (Å²) in [6.07, 6.45) is 2.96. The number of pyridine rings is 1. The molecule has 0 atom stereocenters. The number of ether oxygens (including phenoxy) is 1. The van der Waals surface area contributed by atoms with Crippen LogP contribution in [0.4, 0.5) is 0 Å². The van der Waals surface area contributed by atoms with Crippen LogP contribution in [0.1, 0.15) is 32.0 Å². The molecule has 3 aromatic rings. The number of benzene rings is 2. The first kappa shape index (κ1) is 19.4. The van der Waals surface area contributed by atoms with Gasteiger partial charge in [-0.15, -0.1) is 0 Å². The number of aryl methyl sites for hydroxylation is 1. The van der Waals surface area contributed by atoms with Gasteiger partial charge in [0, 0.05) is 16.4 Å². The van der Waals surface area contributed by atoms with Crippen molar-refractivity contribution >= 4 is 34.0 Å². The fourth-order valence-corrected chi connectivity index (χ4v) is 2.67. The third kappa shape index (κ3) is 5.34. The van der Waals surface area contributed by atoms with Gasteiger partial charge in [0.25, 0.3) is 5.91 Å². The van der Waals surface area contributed by atoms with E-state index in [1.807, 2.05) is 13.0 Å². The van der Waals surface area contributed by atoms with Gasteiger partial charge in [-0.2, -0.15) is 5.10 Å². The first-order valence-electron chi connectivity index (χ1n) is 8.35. The van der Waals surface area contributed by atoms with Crippen molar-refractivity contribution in [1.29, 1.82) is 0 Å². The molecule has 0 saturated carbocycles. The summed E-state index contributed by atoms with van der Waals surface area (Å²) in [5, 5.41) is 3.93. The summed E-state index contributed by atoms with van der Waals surface area (Å²) in [7, 11) is 0. The number of hydrogen-bond acceptors (Lipinski definition) is 5. The van der Waals surface area contributed by atoms with Crippen LogP contribution in [0.15, 0.2) is 76.4 Å². The molecule has 3 rings (SSSR count). The maximum atomic E-state index is 12.2. The van der Waals surface area contributed by atoms with Crippen LogP contribution >= 0.6 is 15.9 Å². The van der Waals surface area contributed by atoms with Crippen molar-refractivity contribution < 1.29 is 14.3 Å². The number of nitrogens with one attached hydrogen (secondary N) is 1. The highest BCUT2D eigenvalue weighted by Gasteiger charge is 2.09. The van der Waals surface area contributed by atoms with E-state index >= 15 is 0 Å². The number of halogens is 1. The second-order valence-corrected chi connectivity index (χ2v) is 6.78. The minimum absolute atomic E-state index is 0.360. The van der Waals surface area contributed by atoms with E-state index < -0.39 is 5.97 Å². The first-order chi connectivity index (χ1) is 13.5. The van der Waals surface area contributed by atoms with Gasteiger partial charge in [-0.1, -0.05) is 34.1 Å². The van der Waals surface area contributed by atoms with Gasteiger partial charge in [0.15, 0.2) is 0 Å². The summed E-state index contributed by atoms with van der Waals surface area (Å²) in [4.78, 5) is 28.3. The Morgan fingerprint density at radius 1 is 1.07 bits per heavy atom. The van der Waals surface area contributed by atoms with Crippen molar-refractivity contribution in [2.45, 2.75) is 6.92 Å². The topological polar surface area (TPSA) is 80.6 Å². The normalized spacial score (nSPS) is 10.6. The molecule has 0 spiro atoms. The summed E-state index contributed by atoms with van der Waals surface area (Å²) in [6, 6.07) is 17.2. The lowest BCUT2D eigenvalue weighted by Crippen LogP contribution is -2.17. The molecule has 0 unspecified atom stereocenters. The van der Waals surface area contributed by atoms with Gasteiger partial charge < -0.3 is 4.74 Å². The van der Waals surface area contributed by atoms with Crippen LogP contribution in [-0.2, 0) is 0 Å². The molecule has 0 saturated heterocycles. The standard InChI is InChI=1S/C21H16BrN3O3/c1-14-8-9-17(13-23-14)20(26)25-24-12-15-4-2-7-19(10-15)28-21(27)16-5-3-6-18(22)11-16/h2-13H,1H3,(H,25,26). The van der Waals surface area contributed by atoms with E-state index in [-0.39, 0.29) is 5.91 Å². The molecule has 2 aromatic carbocycles. The molecule has 1 heterocycles. The van der Waals surface area contributed by atoms with Crippen LogP contribution < -0.4 is 10.2 Å². The van der Waals surface area contributed by atoms with E-state index in [1.54, 1.807) is 54.6 Å². The minimum Gasteiger partial charge on any atom is -0.423 e. The van der Waals surface area contributed by atoms with Gasteiger partial charge in [-0.3, -0.25) is 9.78 Å². The monoisotopic (exact) mass is 437 g/mol. The van der Waals surface area contributed by atoms with Crippen molar-refractivity contribution in [2.75, 3.05) is 0 Å². The van der Waals surface area contributed by atoms with Crippen molar-refractivity contribution in [3.8, 4) is 5.75 Å². The highest BCUT2D eigenvalue weighted by atomic mass is 79.9. The van der Waals surface area contributed by atoms with Gasteiger partial charge in [0.2, 0.25) is 0 Å². The average Bonchev–Trinajstić information content (AvgIpc) is 2.69. The number of nitrogens with zero attached hydrogens (tertiary/aromatic N) is 2. The predicted molar refractivity (Wildman–Crippen MR) is 110 cm³/mol. The molecular formula is C21H16BrN3O3. The molecule has 0 radical (unpaired) electrons. The Balaban J connectivity index is 1.62. The van der Waals surface area contributed by atoms with E-state index in [4.69, 9.17) is 4.74 Å². The summed E-state index contributed by atoms with van der Waals surface area (Å²) < 4.78 is 6.18. The van der Waals surface area contributed by atoms with E-state index in [9.17, 15) is 9.59 Å². The van der Waals surface area contributed by atoms with Crippen LogP contribution in [0, 0.1) is 6.92 Å². The number of hydrogen-bond donors (Lipinski definition) is 1. The van der Waals surface area contributed by atoms with Gasteiger partial charge in [-0.25, -0.2) is 10.2 Å². The number of rotatable bonds is 5.